The maximum atomic E-state index is 9.34. The van der Waals surface area contributed by atoms with E-state index in [0.29, 0.717) is 0 Å². The Labute approximate surface area is 70.5 Å². The molecule has 71 valence electrons. The molecule has 0 amide bonds. The molecule has 0 bridgehead atoms. The van der Waals surface area contributed by atoms with E-state index in [4.69, 9.17) is 14.6 Å². The summed E-state index contributed by atoms with van der Waals surface area (Å²) in [6, 6.07) is 0. The van der Waals surface area contributed by atoms with Crippen molar-refractivity contribution in [1.29, 1.82) is 0 Å². The molecule has 3 N–H and O–H groups in total. The van der Waals surface area contributed by atoms with Crippen LogP contribution in [-0.2, 0) is 9.47 Å². The Balaban J connectivity index is 2.52. The summed E-state index contributed by atoms with van der Waals surface area (Å²) in [7, 11) is 1.40. The van der Waals surface area contributed by atoms with Gasteiger partial charge in [-0.3, -0.25) is 0 Å². The van der Waals surface area contributed by atoms with Crippen LogP contribution in [0.4, 0.5) is 0 Å². The van der Waals surface area contributed by atoms with Crippen LogP contribution in [0.1, 0.15) is 0 Å². The van der Waals surface area contributed by atoms with Crippen LogP contribution in [0.2, 0.25) is 0 Å². The van der Waals surface area contributed by atoms with Crippen molar-refractivity contribution < 1.29 is 24.8 Å². The van der Waals surface area contributed by atoms with Crippen LogP contribution >= 0.6 is 0 Å². The second-order valence-corrected chi connectivity index (χ2v) is 2.67. The van der Waals surface area contributed by atoms with E-state index >= 15 is 0 Å². The Morgan fingerprint density at radius 3 is 2.58 bits per heavy atom. The van der Waals surface area contributed by atoms with E-state index in [0.717, 1.165) is 0 Å². The van der Waals surface area contributed by atoms with Crippen molar-refractivity contribution in [2.75, 3.05) is 13.7 Å². The highest BCUT2D eigenvalue weighted by Gasteiger charge is 2.38. The molecular weight excluding hydrogens is 164 g/mol. The minimum absolute atomic E-state index is 0.328. The number of methoxy groups -OCH3 is 1. The smallest absolute Gasteiger partial charge is 0.116 e. The van der Waals surface area contributed by atoms with Gasteiger partial charge in [0.25, 0.3) is 0 Å². The predicted octanol–water partition coefficient (Wildman–Crippen LogP) is -1.72. The molecule has 1 rings (SSSR count). The lowest BCUT2D eigenvalue weighted by Gasteiger charge is -2.35. The van der Waals surface area contributed by atoms with E-state index in [-0.39, 0.29) is 6.61 Å². The summed E-state index contributed by atoms with van der Waals surface area (Å²) in [5.41, 5.74) is 0. The fourth-order valence-corrected chi connectivity index (χ4v) is 1.10. The summed E-state index contributed by atoms with van der Waals surface area (Å²) in [6.45, 7) is 0.948. The second-order valence-electron chi connectivity index (χ2n) is 2.67. The number of ether oxygens (including phenoxy) is 2. The molecule has 0 aliphatic carbocycles. The molecule has 4 atom stereocenters. The van der Waals surface area contributed by atoms with Crippen LogP contribution in [0.25, 0.3) is 0 Å². The van der Waals surface area contributed by atoms with Crippen LogP contribution in [0.5, 0.6) is 0 Å². The van der Waals surface area contributed by atoms with E-state index in [2.05, 4.69) is 0 Å². The highest BCUT2D eigenvalue weighted by molar-refractivity contribution is 4.92. The third-order valence-corrected chi connectivity index (χ3v) is 1.91. The zero-order chi connectivity index (χ0) is 9.14. The maximum absolute atomic E-state index is 9.34. The van der Waals surface area contributed by atoms with Crippen molar-refractivity contribution >= 4 is 0 Å². The molecule has 1 fully saturated rings. The standard InChI is InChI=1S/C7H13O5/c1-11-5-3-12-4(2-8)6(9)7(5)10/h3-10H,2H2,1H3/t4-,5+,6+,7-/m1/s1. The van der Waals surface area contributed by atoms with Gasteiger partial charge in [-0.05, 0) is 0 Å². The fraction of sp³-hybridized carbons (Fsp3) is 0.857. The lowest BCUT2D eigenvalue weighted by molar-refractivity contribution is -0.177. The molecule has 1 aliphatic rings. The topological polar surface area (TPSA) is 79.2 Å². The first-order chi connectivity index (χ1) is 5.70. The van der Waals surface area contributed by atoms with E-state index < -0.39 is 24.4 Å². The number of hydrogen-bond donors (Lipinski definition) is 3. The van der Waals surface area contributed by atoms with Crippen LogP contribution in [0, 0.1) is 6.61 Å². The Morgan fingerprint density at radius 1 is 1.42 bits per heavy atom. The van der Waals surface area contributed by atoms with Crippen molar-refractivity contribution in [1.82, 2.24) is 0 Å². The fourth-order valence-electron chi connectivity index (χ4n) is 1.10. The van der Waals surface area contributed by atoms with Gasteiger partial charge in [-0.25, -0.2) is 0 Å². The molecule has 1 aliphatic heterocycles. The molecule has 0 spiro atoms. The Kier molecular flexibility index (Phi) is 3.42. The molecule has 0 aromatic rings. The number of aliphatic hydroxyl groups is 3. The molecule has 12 heavy (non-hydrogen) atoms. The molecule has 1 radical (unpaired) electrons. The highest BCUT2D eigenvalue weighted by Crippen LogP contribution is 2.19. The van der Waals surface area contributed by atoms with Crippen molar-refractivity contribution in [3.8, 4) is 0 Å². The van der Waals surface area contributed by atoms with Gasteiger partial charge in [0.15, 0.2) is 0 Å². The van der Waals surface area contributed by atoms with E-state index in [9.17, 15) is 10.2 Å². The Hall–Kier alpha value is -0.200. The largest absolute Gasteiger partial charge is 0.394 e. The van der Waals surface area contributed by atoms with Crippen LogP contribution in [0.15, 0.2) is 0 Å². The summed E-state index contributed by atoms with van der Waals surface area (Å²) >= 11 is 0. The average Bonchev–Trinajstić information content (AvgIpc) is 2.10. The summed E-state index contributed by atoms with van der Waals surface area (Å²) in [5.74, 6) is 0. The monoisotopic (exact) mass is 177 g/mol. The number of aliphatic hydroxyl groups excluding tert-OH is 3. The quantitative estimate of drug-likeness (QED) is 0.467. The van der Waals surface area contributed by atoms with Gasteiger partial charge in [-0.2, -0.15) is 0 Å². The van der Waals surface area contributed by atoms with Crippen LogP contribution in [0.3, 0.4) is 0 Å². The lowest BCUT2D eigenvalue weighted by Crippen LogP contribution is -2.52. The molecule has 0 aromatic carbocycles. The Morgan fingerprint density at radius 2 is 2.08 bits per heavy atom. The average molecular weight is 177 g/mol. The van der Waals surface area contributed by atoms with E-state index in [1.54, 1.807) is 0 Å². The number of rotatable bonds is 2. The van der Waals surface area contributed by atoms with Gasteiger partial charge in [0.1, 0.15) is 31.0 Å². The lowest BCUT2D eigenvalue weighted by atomic mass is 10.0. The summed E-state index contributed by atoms with van der Waals surface area (Å²) in [5, 5.41) is 27.3. The van der Waals surface area contributed by atoms with Gasteiger partial charge in [0, 0.05) is 7.11 Å². The minimum Gasteiger partial charge on any atom is -0.394 e. The van der Waals surface area contributed by atoms with Crippen molar-refractivity contribution in [3.05, 3.63) is 6.61 Å². The molecule has 5 nitrogen and oxygen atoms in total. The zero-order valence-corrected chi connectivity index (χ0v) is 6.75. The first kappa shape index (κ1) is 9.88. The summed E-state index contributed by atoms with van der Waals surface area (Å²) in [6.07, 6.45) is -3.54. The first-order valence-corrected chi connectivity index (χ1v) is 3.69. The third-order valence-electron chi connectivity index (χ3n) is 1.91. The normalized spacial score (nSPS) is 43.0. The van der Waals surface area contributed by atoms with Crippen molar-refractivity contribution in [3.63, 3.8) is 0 Å². The molecule has 0 saturated carbocycles. The van der Waals surface area contributed by atoms with Crippen molar-refractivity contribution in [2.24, 2.45) is 0 Å². The van der Waals surface area contributed by atoms with Gasteiger partial charge in [-0.1, -0.05) is 0 Å². The van der Waals surface area contributed by atoms with Crippen LogP contribution in [-0.4, -0.2) is 53.5 Å². The first-order valence-electron chi connectivity index (χ1n) is 3.69. The molecule has 1 heterocycles. The third kappa shape index (κ3) is 1.75. The molecule has 0 unspecified atom stereocenters. The van der Waals surface area contributed by atoms with Gasteiger partial charge in [0.2, 0.25) is 0 Å². The zero-order valence-electron chi connectivity index (χ0n) is 6.75. The molecule has 5 heteroatoms. The number of hydrogen-bond acceptors (Lipinski definition) is 5. The van der Waals surface area contributed by atoms with Gasteiger partial charge in [0.05, 0.1) is 6.61 Å². The molecular formula is C7H13O5. The minimum atomic E-state index is -1.11. The van der Waals surface area contributed by atoms with E-state index in [1.165, 1.54) is 13.7 Å². The predicted molar refractivity (Wildman–Crippen MR) is 39.1 cm³/mol. The second kappa shape index (κ2) is 4.15. The molecule has 1 saturated heterocycles. The molecule has 0 aromatic heterocycles. The Bertz CT molecular complexity index is 124. The highest BCUT2D eigenvalue weighted by atomic mass is 16.6. The van der Waals surface area contributed by atoms with Crippen LogP contribution < -0.4 is 0 Å². The van der Waals surface area contributed by atoms with Gasteiger partial charge >= 0.3 is 0 Å². The maximum Gasteiger partial charge on any atom is 0.116 e. The summed E-state index contributed by atoms with van der Waals surface area (Å²) < 4.78 is 9.70. The summed E-state index contributed by atoms with van der Waals surface area (Å²) in [4.78, 5) is 0. The van der Waals surface area contributed by atoms with Gasteiger partial charge < -0.3 is 24.8 Å². The van der Waals surface area contributed by atoms with Gasteiger partial charge in [-0.15, -0.1) is 0 Å². The SMILES string of the molecule is CO[C@H]1[CH]O[C@H](CO)[C@H](O)[C@@H]1O. The van der Waals surface area contributed by atoms with E-state index in [1.807, 2.05) is 0 Å². The van der Waals surface area contributed by atoms with Crippen molar-refractivity contribution in [2.45, 2.75) is 24.4 Å².